The molecule has 39 heavy (non-hydrogen) atoms. The van der Waals surface area contributed by atoms with Gasteiger partial charge in [0, 0.05) is 31.7 Å². The van der Waals surface area contributed by atoms with Crippen LogP contribution in [0.3, 0.4) is 0 Å². The number of hydrogen-bond donors (Lipinski definition) is 1. The van der Waals surface area contributed by atoms with E-state index in [1.165, 1.54) is 17.0 Å². The summed E-state index contributed by atoms with van der Waals surface area (Å²) in [6.07, 6.45) is -2.55. The number of piperidine rings is 1. The van der Waals surface area contributed by atoms with E-state index in [1.807, 2.05) is 0 Å². The van der Waals surface area contributed by atoms with Crippen LogP contribution in [0, 0.1) is 5.92 Å². The van der Waals surface area contributed by atoms with E-state index in [-0.39, 0.29) is 23.6 Å². The van der Waals surface area contributed by atoms with Gasteiger partial charge in [0.1, 0.15) is 0 Å². The van der Waals surface area contributed by atoms with Gasteiger partial charge in [-0.05, 0) is 66.8 Å². The molecule has 1 saturated heterocycles. The number of fused-ring (bicyclic) bond motifs is 1. The summed E-state index contributed by atoms with van der Waals surface area (Å²) in [5.41, 5.74) is 1.64. The van der Waals surface area contributed by atoms with Gasteiger partial charge in [0.15, 0.2) is 0 Å². The van der Waals surface area contributed by atoms with Crippen molar-refractivity contribution in [3.8, 4) is 11.1 Å². The molecule has 2 aliphatic rings. The number of nitrogens with zero attached hydrogens (tertiary/aromatic N) is 2. The fourth-order valence-corrected chi connectivity index (χ4v) is 5.31. The molecule has 0 aromatic heterocycles. The van der Waals surface area contributed by atoms with Crippen molar-refractivity contribution in [2.45, 2.75) is 19.0 Å². The summed E-state index contributed by atoms with van der Waals surface area (Å²) < 4.78 is 38.9. The van der Waals surface area contributed by atoms with Crippen LogP contribution in [0.25, 0.3) is 11.1 Å². The van der Waals surface area contributed by atoms with Gasteiger partial charge in [0.25, 0.3) is 17.7 Å². The van der Waals surface area contributed by atoms with Crippen LogP contribution in [0.2, 0.25) is 0 Å². The van der Waals surface area contributed by atoms with Crippen molar-refractivity contribution in [2.24, 2.45) is 5.92 Å². The van der Waals surface area contributed by atoms with Crippen LogP contribution in [0.15, 0.2) is 72.8 Å². The average molecular weight is 536 g/mol. The Balaban J connectivity index is 1.16. The highest BCUT2D eigenvalue weighted by molar-refractivity contribution is 6.21. The van der Waals surface area contributed by atoms with Gasteiger partial charge in [-0.15, -0.1) is 0 Å². The highest BCUT2D eigenvalue weighted by atomic mass is 19.4. The molecule has 3 aromatic rings. The van der Waals surface area contributed by atoms with Crippen LogP contribution in [-0.2, 0) is 6.18 Å². The molecule has 2 aliphatic heterocycles. The zero-order valence-electron chi connectivity index (χ0n) is 21.2. The summed E-state index contributed by atoms with van der Waals surface area (Å²) in [7, 11) is 0. The number of likely N-dealkylation sites (tertiary alicyclic amines) is 1. The molecule has 9 heteroatoms. The number of carbonyl (C=O) groups is 3. The van der Waals surface area contributed by atoms with Gasteiger partial charge in [-0.3, -0.25) is 19.3 Å². The maximum atomic E-state index is 13.1. The van der Waals surface area contributed by atoms with Crippen LogP contribution < -0.4 is 5.32 Å². The zero-order valence-corrected chi connectivity index (χ0v) is 21.2. The maximum Gasteiger partial charge on any atom is 0.416 e. The van der Waals surface area contributed by atoms with Gasteiger partial charge >= 0.3 is 6.18 Å². The second-order valence-corrected chi connectivity index (χ2v) is 9.95. The monoisotopic (exact) mass is 535 g/mol. The lowest BCUT2D eigenvalue weighted by atomic mass is 9.96. The minimum absolute atomic E-state index is 0.197. The first-order valence-electron chi connectivity index (χ1n) is 12.9. The molecule has 0 saturated carbocycles. The van der Waals surface area contributed by atoms with Crippen LogP contribution in [-0.4, -0.2) is 60.2 Å². The molecule has 1 unspecified atom stereocenters. The van der Waals surface area contributed by atoms with Crippen molar-refractivity contribution in [2.75, 3.05) is 32.7 Å². The predicted octanol–water partition coefficient (Wildman–Crippen LogP) is 5.11. The Kier molecular flexibility index (Phi) is 7.52. The first-order valence-corrected chi connectivity index (χ1v) is 12.9. The van der Waals surface area contributed by atoms with Gasteiger partial charge in [0.05, 0.1) is 16.7 Å². The molecule has 5 rings (SSSR count). The normalized spacial score (nSPS) is 17.8. The molecule has 0 spiro atoms. The summed E-state index contributed by atoms with van der Waals surface area (Å²) in [6, 6.07) is 18.5. The minimum Gasteiger partial charge on any atom is -0.352 e. The second kappa shape index (κ2) is 11.0. The number of carbonyl (C=O) groups excluding carboxylic acids is 3. The fourth-order valence-electron chi connectivity index (χ4n) is 5.31. The van der Waals surface area contributed by atoms with Crippen molar-refractivity contribution in [3.63, 3.8) is 0 Å². The number of alkyl halides is 3. The van der Waals surface area contributed by atoms with Gasteiger partial charge in [-0.25, -0.2) is 0 Å². The van der Waals surface area contributed by atoms with Crippen molar-refractivity contribution < 1.29 is 27.6 Å². The third-order valence-electron chi connectivity index (χ3n) is 7.37. The quantitative estimate of drug-likeness (QED) is 0.427. The molecule has 1 N–H and O–H groups in total. The molecule has 0 aliphatic carbocycles. The first kappa shape index (κ1) is 26.6. The third kappa shape index (κ3) is 5.73. The van der Waals surface area contributed by atoms with Crippen molar-refractivity contribution in [1.82, 2.24) is 15.1 Å². The lowest BCUT2D eigenvalue weighted by Gasteiger charge is -2.33. The second-order valence-electron chi connectivity index (χ2n) is 9.95. The Labute approximate surface area is 224 Å². The zero-order chi connectivity index (χ0) is 27.6. The van der Waals surface area contributed by atoms with Crippen LogP contribution in [0.5, 0.6) is 0 Å². The number of benzene rings is 3. The summed E-state index contributed by atoms with van der Waals surface area (Å²) in [5, 5.41) is 2.99. The first-order chi connectivity index (χ1) is 18.7. The van der Waals surface area contributed by atoms with E-state index < -0.39 is 11.7 Å². The number of hydrogen-bond acceptors (Lipinski definition) is 4. The third-order valence-corrected chi connectivity index (χ3v) is 7.37. The summed E-state index contributed by atoms with van der Waals surface area (Å²) in [5.74, 6) is -0.608. The van der Waals surface area contributed by atoms with Gasteiger partial charge in [-0.2, -0.15) is 13.2 Å². The number of nitrogens with one attached hydrogen (secondary N) is 1. The molecule has 1 fully saturated rings. The molecule has 3 amide bonds. The van der Waals surface area contributed by atoms with Gasteiger partial charge in [0.2, 0.25) is 0 Å². The molecule has 2 heterocycles. The number of amides is 3. The lowest BCUT2D eigenvalue weighted by Crippen LogP contribution is -2.44. The number of imide groups is 1. The van der Waals surface area contributed by atoms with Crippen LogP contribution in [0.4, 0.5) is 13.2 Å². The molecule has 0 bridgehead atoms. The van der Waals surface area contributed by atoms with E-state index in [2.05, 4.69) is 10.2 Å². The fraction of sp³-hybridized carbons (Fsp3) is 0.300. The summed E-state index contributed by atoms with van der Waals surface area (Å²) >= 11 is 0. The SMILES string of the molecule is O=C(NCC1CCCN(CCN2C(=O)c3ccccc3C2=O)C1)c1ccccc1-c1ccc(C(F)(F)F)cc1. The lowest BCUT2D eigenvalue weighted by molar-refractivity contribution is -0.137. The predicted molar refractivity (Wildman–Crippen MR) is 140 cm³/mol. The minimum atomic E-state index is -4.42. The standard InChI is InChI=1S/C30H28F3N3O3/c31-30(32,33)22-13-11-21(12-14-22)23-7-1-2-8-24(23)27(37)34-18-20-6-5-15-35(19-20)16-17-36-28(38)25-9-3-4-10-26(25)29(36)39/h1-4,7-14,20H,5-6,15-19H2,(H,34,37). The topological polar surface area (TPSA) is 69.7 Å². The van der Waals surface area contributed by atoms with Gasteiger partial charge < -0.3 is 10.2 Å². The number of rotatable bonds is 7. The highest BCUT2D eigenvalue weighted by Gasteiger charge is 2.35. The Morgan fingerprint density at radius 3 is 2.10 bits per heavy atom. The van der Waals surface area contributed by atoms with Crippen LogP contribution >= 0.6 is 0 Å². The number of halogens is 3. The highest BCUT2D eigenvalue weighted by Crippen LogP contribution is 2.32. The van der Waals surface area contributed by atoms with E-state index >= 15 is 0 Å². The molecule has 6 nitrogen and oxygen atoms in total. The van der Waals surface area contributed by atoms with E-state index in [0.717, 1.165) is 38.1 Å². The smallest absolute Gasteiger partial charge is 0.352 e. The maximum absolute atomic E-state index is 13.1. The largest absolute Gasteiger partial charge is 0.416 e. The average Bonchev–Trinajstić information content (AvgIpc) is 3.19. The molecular weight excluding hydrogens is 507 g/mol. The van der Waals surface area contributed by atoms with E-state index in [4.69, 9.17) is 0 Å². The van der Waals surface area contributed by atoms with E-state index in [9.17, 15) is 27.6 Å². The Morgan fingerprint density at radius 2 is 1.46 bits per heavy atom. The molecular formula is C30H28F3N3O3. The van der Waals surface area contributed by atoms with Crippen LogP contribution in [0.1, 0.15) is 49.5 Å². The van der Waals surface area contributed by atoms with E-state index in [0.29, 0.717) is 47.5 Å². The van der Waals surface area contributed by atoms with E-state index in [1.54, 1.807) is 48.5 Å². The van der Waals surface area contributed by atoms with Crippen molar-refractivity contribution in [3.05, 3.63) is 95.1 Å². The molecule has 1 atom stereocenters. The molecule has 202 valence electrons. The molecule has 3 aromatic carbocycles. The Morgan fingerprint density at radius 1 is 0.846 bits per heavy atom. The Bertz CT molecular complexity index is 1350. The summed E-state index contributed by atoms with van der Waals surface area (Å²) in [6.45, 7) is 2.90. The van der Waals surface area contributed by atoms with Crippen molar-refractivity contribution >= 4 is 17.7 Å². The Hall–Kier alpha value is -3.98. The molecule has 0 radical (unpaired) electrons. The van der Waals surface area contributed by atoms with Crippen molar-refractivity contribution in [1.29, 1.82) is 0 Å². The summed E-state index contributed by atoms with van der Waals surface area (Å²) in [4.78, 5) is 41.9. The van der Waals surface area contributed by atoms with Gasteiger partial charge in [-0.1, -0.05) is 42.5 Å².